The Morgan fingerprint density at radius 2 is 2.14 bits per heavy atom. The lowest BCUT2D eigenvalue weighted by molar-refractivity contribution is 0.0698. The van der Waals surface area contributed by atoms with Crippen molar-refractivity contribution in [1.29, 1.82) is 0 Å². The molecule has 1 saturated carbocycles. The maximum absolute atomic E-state index is 11.9. The van der Waals surface area contributed by atoms with Crippen LogP contribution in [0.5, 0.6) is 0 Å². The van der Waals surface area contributed by atoms with Crippen LogP contribution in [0.1, 0.15) is 36.5 Å². The average Bonchev–Trinajstić information content (AvgIpc) is 2.84. The molecule has 0 saturated heterocycles. The molecule has 0 radical (unpaired) electrons. The predicted octanol–water partition coefficient (Wildman–Crippen LogP) is 3.60. The minimum Gasteiger partial charge on any atom is -0.478 e. The summed E-state index contributed by atoms with van der Waals surface area (Å²) in [5, 5.41) is 14.8. The third kappa shape index (κ3) is 4.36. The van der Waals surface area contributed by atoms with Gasteiger partial charge in [-0.2, -0.15) is 0 Å². The molecule has 0 spiro atoms. The summed E-state index contributed by atoms with van der Waals surface area (Å²) in [4.78, 5) is 23.0. The highest BCUT2D eigenvalue weighted by Gasteiger charge is 2.21. The SMILES string of the molecule is CC1CCC(CNC(=O)Nc2ccc(Cl)cc2C(=O)O)C1. The fourth-order valence-corrected chi connectivity index (χ4v) is 2.89. The molecule has 1 fully saturated rings. The largest absolute Gasteiger partial charge is 0.478 e. The summed E-state index contributed by atoms with van der Waals surface area (Å²) in [5.41, 5.74) is 0.219. The molecule has 2 unspecified atom stereocenters. The Hall–Kier alpha value is -1.75. The van der Waals surface area contributed by atoms with E-state index in [0.717, 1.165) is 18.8 Å². The highest BCUT2D eigenvalue weighted by molar-refractivity contribution is 6.31. The van der Waals surface area contributed by atoms with E-state index in [1.165, 1.54) is 18.6 Å². The Labute approximate surface area is 128 Å². The van der Waals surface area contributed by atoms with Crippen molar-refractivity contribution in [2.24, 2.45) is 11.8 Å². The molecule has 0 heterocycles. The van der Waals surface area contributed by atoms with Gasteiger partial charge < -0.3 is 15.7 Å². The number of carboxylic acid groups (broad SMARTS) is 1. The molecule has 2 atom stereocenters. The molecule has 2 amide bonds. The molecule has 114 valence electrons. The van der Waals surface area contributed by atoms with Crippen molar-refractivity contribution in [3.05, 3.63) is 28.8 Å². The summed E-state index contributed by atoms with van der Waals surface area (Å²) in [5.74, 6) is 0.0991. The number of hydrogen-bond acceptors (Lipinski definition) is 2. The Kier molecular flexibility index (Phi) is 5.07. The van der Waals surface area contributed by atoms with Gasteiger partial charge in [-0.3, -0.25) is 0 Å². The summed E-state index contributed by atoms with van der Waals surface area (Å²) in [6.07, 6.45) is 3.46. The number of hydrogen-bond donors (Lipinski definition) is 3. The Bertz CT molecular complexity index is 548. The minimum absolute atomic E-state index is 0.0212. The average molecular weight is 311 g/mol. The van der Waals surface area contributed by atoms with E-state index in [9.17, 15) is 9.59 Å². The summed E-state index contributed by atoms with van der Waals surface area (Å²) >= 11 is 5.77. The third-order valence-electron chi connectivity index (χ3n) is 3.81. The van der Waals surface area contributed by atoms with E-state index in [1.807, 2.05) is 0 Å². The zero-order valence-electron chi connectivity index (χ0n) is 11.9. The number of halogens is 1. The smallest absolute Gasteiger partial charge is 0.337 e. The Morgan fingerprint density at radius 1 is 1.38 bits per heavy atom. The zero-order chi connectivity index (χ0) is 15.4. The van der Waals surface area contributed by atoms with Crippen LogP contribution in [0.25, 0.3) is 0 Å². The van der Waals surface area contributed by atoms with E-state index in [4.69, 9.17) is 16.7 Å². The second kappa shape index (κ2) is 6.80. The number of carbonyl (C=O) groups is 2. The molecule has 1 aliphatic carbocycles. The van der Waals surface area contributed by atoms with Crippen molar-refractivity contribution >= 4 is 29.3 Å². The van der Waals surface area contributed by atoms with E-state index in [0.29, 0.717) is 17.5 Å². The van der Waals surface area contributed by atoms with Gasteiger partial charge in [-0.05, 0) is 42.9 Å². The van der Waals surface area contributed by atoms with Gasteiger partial charge in [0.05, 0.1) is 11.3 Å². The van der Waals surface area contributed by atoms with Gasteiger partial charge in [0.2, 0.25) is 0 Å². The van der Waals surface area contributed by atoms with Gasteiger partial charge in [0.1, 0.15) is 0 Å². The molecule has 0 aliphatic heterocycles. The molecule has 0 aromatic heterocycles. The third-order valence-corrected chi connectivity index (χ3v) is 4.05. The highest BCUT2D eigenvalue weighted by Crippen LogP contribution is 2.29. The van der Waals surface area contributed by atoms with Crippen LogP contribution in [0.4, 0.5) is 10.5 Å². The van der Waals surface area contributed by atoms with Crippen molar-refractivity contribution in [2.45, 2.75) is 26.2 Å². The summed E-state index contributed by atoms with van der Waals surface area (Å²) in [6.45, 7) is 2.83. The molecule has 6 heteroatoms. The lowest BCUT2D eigenvalue weighted by atomic mass is 10.1. The standard InChI is InChI=1S/C15H19ClN2O3/c1-9-2-3-10(6-9)8-17-15(21)18-13-5-4-11(16)7-12(13)14(19)20/h4-5,7,9-10H,2-3,6,8H2,1H3,(H,19,20)(H2,17,18,21). The van der Waals surface area contributed by atoms with Gasteiger partial charge in [-0.25, -0.2) is 9.59 Å². The summed E-state index contributed by atoms with van der Waals surface area (Å²) in [7, 11) is 0. The number of carboxylic acids is 1. The maximum Gasteiger partial charge on any atom is 0.337 e. The van der Waals surface area contributed by atoms with E-state index in [-0.39, 0.29) is 17.3 Å². The second-order valence-corrected chi connectivity index (χ2v) is 6.05. The molecular weight excluding hydrogens is 292 g/mol. The number of nitrogens with one attached hydrogen (secondary N) is 2. The number of urea groups is 1. The maximum atomic E-state index is 11.9. The number of carbonyl (C=O) groups excluding carboxylic acids is 1. The van der Waals surface area contributed by atoms with Crippen LogP contribution in [-0.2, 0) is 0 Å². The number of rotatable bonds is 4. The number of anilines is 1. The highest BCUT2D eigenvalue weighted by atomic mass is 35.5. The normalized spacial score (nSPS) is 21.0. The van der Waals surface area contributed by atoms with Crippen molar-refractivity contribution in [1.82, 2.24) is 5.32 Å². The first-order chi connectivity index (χ1) is 9.95. The Morgan fingerprint density at radius 3 is 2.76 bits per heavy atom. The fourth-order valence-electron chi connectivity index (χ4n) is 2.72. The Balaban J connectivity index is 1.92. The fraction of sp³-hybridized carbons (Fsp3) is 0.467. The van der Waals surface area contributed by atoms with E-state index in [1.54, 1.807) is 6.07 Å². The summed E-state index contributed by atoms with van der Waals surface area (Å²) < 4.78 is 0. The molecule has 2 rings (SSSR count). The first-order valence-corrected chi connectivity index (χ1v) is 7.41. The topological polar surface area (TPSA) is 78.4 Å². The number of amides is 2. The van der Waals surface area contributed by atoms with Gasteiger partial charge in [-0.1, -0.05) is 24.9 Å². The molecule has 1 aromatic carbocycles. The van der Waals surface area contributed by atoms with Gasteiger partial charge >= 0.3 is 12.0 Å². The second-order valence-electron chi connectivity index (χ2n) is 5.61. The van der Waals surface area contributed by atoms with Crippen LogP contribution in [0.3, 0.4) is 0 Å². The van der Waals surface area contributed by atoms with Gasteiger partial charge in [0, 0.05) is 11.6 Å². The first kappa shape index (κ1) is 15.6. The van der Waals surface area contributed by atoms with E-state index >= 15 is 0 Å². The summed E-state index contributed by atoms with van der Waals surface area (Å²) in [6, 6.07) is 3.96. The van der Waals surface area contributed by atoms with Crippen LogP contribution in [0, 0.1) is 11.8 Å². The molecule has 0 bridgehead atoms. The van der Waals surface area contributed by atoms with Gasteiger partial charge in [-0.15, -0.1) is 0 Å². The molecule has 5 nitrogen and oxygen atoms in total. The monoisotopic (exact) mass is 310 g/mol. The molecular formula is C15H19ClN2O3. The molecule has 3 N–H and O–H groups in total. The van der Waals surface area contributed by atoms with Crippen LogP contribution in [0.15, 0.2) is 18.2 Å². The molecule has 1 aromatic rings. The van der Waals surface area contributed by atoms with E-state index in [2.05, 4.69) is 17.6 Å². The molecule has 1 aliphatic rings. The predicted molar refractivity (Wildman–Crippen MR) is 81.9 cm³/mol. The van der Waals surface area contributed by atoms with Crippen LogP contribution in [0.2, 0.25) is 5.02 Å². The van der Waals surface area contributed by atoms with Crippen molar-refractivity contribution in [3.8, 4) is 0 Å². The lowest BCUT2D eigenvalue weighted by Crippen LogP contribution is -2.33. The van der Waals surface area contributed by atoms with Crippen molar-refractivity contribution < 1.29 is 14.7 Å². The zero-order valence-corrected chi connectivity index (χ0v) is 12.6. The first-order valence-electron chi connectivity index (χ1n) is 7.03. The molecule has 21 heavy (non-hydrogen) atoms. The van der Waals surface area contributed by atoms with Crippen LogP contribution < -0.4 is 10.6 Å². The van der Waals surface area contributed by atoms with Crippen LogP contribution >= 0.6 is 11.6 Å². The van der Waals surface area contributed by atoms with Crippen molar-refractivity contribution in [3.63, 3.8) is 0 Å². The van der Waals surface area contributed by atoms with Gasteiger partial charge in [0.15, 0.2) is 0 Å². The quantitative estimate of drug-likeness (QED) is 0.795. The van der Waals surface area contributed by atoms with E-state index < -0.39 is 5.97 Å². The number of aromatic carboxylic acids is 1. The number of benzene rings is 1. The minimum atomic E-state index is -1.13. The lowest BCUT2D eigenvalue weighted by Gasteiger charge is -2.13. The van der Waals surface area contributed by atoms with Gasteiger partial charge in [0.25, 0.3) is 0 Å². The van der Waals surface area contributed by atoms with Crippen molar-refractivity contribution in [2.75, 3.05) is 11.9 Å². The van der Waals surface area contributed by atoms with Crippen LogP contribution in [-0.4, -0.2) is 23.7 Å².